The zero-order valence-electron chi connectivity index (χ0n) is 13.8. The fraction of sp³-hybridized carbons (Fsp3) is 0.471. The van der Waals surface area contributed by atoms with Gasteiger partial charge in [0.25, 0.3) is 5.91 Å². The number of ether oxygens (including phenoxy) is 1. The summed E-state index contributed by atoms with van der Waals surface area (Å²) in [4.78, 5) is 34.3. The van der Waals surface area contributed by atoms with E-state index in [1.807, 2.05) is 39.0 Å². The Balaban J connectivity index is 2.57. The Kier molecular flexibility index (Phi) is 7.80. The van der Waals surface area contributed by atoms with Gasteiger partial charge in [0.2, 0.25) is 5.91 Å². The molecule has 1 unspecified atom stereocenters. The Bertz CT molecular complexity index is 543. The van der Waals surface area contributed by atoms with E-state index in [0.29, 0.717) is 18.5 Å². The summed E-state index contributed by atoms with van der Waals surface area (Å²) in [5, 5.41) is 5.12. The summed E-state index contributed by atoms with van der Waals surface area (Å²) < 4.78 is 5.47. The van der Waals surface area contributed by atoms with Crippen molar-refractivity contribution in [2.45, 2.75) is 33.2 Å². The summed E-state index contributed by atoms with van der Waals surface area (Å²) in [5.41, 5.74) is 0.933. The summed E-state index contributed by atoms with van der Waals surface area (Å²) in [5.74, 6) is 0.114. The van der Waals surface area contributed by atoms with E-state index < -0.39 is 6.04 Å². The molecule has 0 saturated carbocycles. The molecule has 2 N–H and O–H groups in total. The summed E-state index contributed by atoms with van der Waals surface area (Å²) in [6.45, 7) is 5.57. The average Bonchev–Trinajstić information content (AvgIpc) is 2.50. The van der Waals surface area contributed by atoms with Crippen molar-refractivity contribution >= 4 is 18.1 Å². The minimum Gasteiger partial charge on any atom is -0.484 e. The molecule has 23 heavy (non-hydrogen) atoms. The lowest BCUT2D eigenvalue weighted by Crippen LogP contribution is -2.49. The van der Waals surface area contributed by atoms with E-state index in [4.69, 9.17) is 4.74 Å². The third-order valence-corrected chi connectivity index (χ3v) is 3.17. The standard InChI is InChI=1S/C17H24N2O4/c1-12(2)10-14(17(22)18-8-9-20)19-16(21)11-23-15-7-5-4-6-13(15)3/h4-7,9,12,14H,8,10-11H2,1-3H3,(H,18,22)(H,19,21). The van der Waals surface area contributed by atoms with Gasteiger partial charge in [0.05, 0.1) is 6.54 Å². The van der Waals surface area contributed by atoms with Crippen molar-refractivity contribution in [2.75, 3.05) is 13.2 Å². The number of benzene rings is 1. The molecule has 0 aliphatic heterocycles. The van der Waals surface area contributed by atoms with Crippen LogP contribution in [0.1, 0.15) is 25.8 Å². The van der Waals surface area contributed by atoms with Gasteiger partial charge in [-0.05, 0) is 30.9 Å². The van der Waals surface area contributed by atoms with Gasteiger partial charge in [-0.1, -0.05) is 32.0 Å². The fourth-order valence-corrected chi connectivity index (χ4v) is 2.07. The Morgan fingerprint density at radius 1 is 1.26 bits per heavy atom. The number of hydrogen-bond acceptors (Lipinski definition) is 4. The Morgan fingerprint density at radius 3 is 2.57 bits per heavy atom. The number of carbonyl (C=O) groups excluding carboxylic acids is 3. The molecule has 0 fully saturated rings. The number of amides is 2. The lowest BCUT2D eigenvalue weighted by molar-refractivity contribution is -0.130. The minimum absolute atomic E-state index is 0.0665. The predicted molar refractivity (Wildman–Crippen MR) is 87.1 cm³/mol. The van der Waals surface area contributed by atoms with Crippen LogP contribution in [0.4, 0.5) is 0 Å². The molecule has 0 bridgehead atoms. The molecule has 0 aliphatic carbocycles. The van der Waals surface area contributed by atoms with Gasteiger partial charge >= 0.3 is 0 Å². The molecule has 126 valence electrons. The molecule has 1 atom stereocenters. The van der Waals surface area contributed by atoms with Gasteiger partial charge in [-0.3, -0.25) is 9.59 Å². The smallest absolute Gasteiger partial charge is 0.258 e. The lowest BCUT2D eigenvalue weighted by atomic mass is 10.0. The van der Waals surface area contributed by atoms with Crippen molar-refractivity contribution in [3.8, 4) is 5.75 Å². The molecule has 0 aliphatic rings. The first-order valence-electron chi connectivity index (χ1n) is 7.63. The molecule has 0 heterocycles. The molecule has 6 heteroatoms. The van der Waals surface area contributed by atoms with Gasteiger partial charge in [0.1, 0.15) is 18.1 Å². The second kappa shape index (κ2) is 9.61. The summed E-state index contributed by atoms with van der Waals surface area (Å²) in [6, 6.07) is 6.71. The second-order valence-corrected chi connectivity index (χ2v) is 5.72. The van der Waals surface area contributed by atoms with E-state index in [-0.39, 0.29) is 30.9 Å². The van der Waals surface area contributed by atoms with Crippen molar-refractivity contribution < 1.29 is 19.1 Å². The molecular weight excluding hydrogens is 296 g/mol. The first-order chi connectivity index (χ1) is 10.9. The topological polar surface area (TPSA) is 84.5 Å². The maximum Gasteiger partial charge on any atom is 0.258 e. The van der Waals surface area contributed by atoms with Crippen molar-refractivity contribution in [1.29, 1.82) is 0 Å². The minimum atomic E-state index is -0.678. The van der Waals surface area contributed by atoms with Crippen molar-refractivity contribution in [2.24, 2.45) is 5.92 Å². The summed E-state index contributed by atoms with van der Waals surface area (Å²) in [7, 11) is 0. The zero-order valence-corrected chi connectivity index (χ0v) is 13.8. The Labute approximate surface area is 136 Å². The Morgan fingerprint density at radius 2 is 1.96 bits per heavy atom. The second-order valence-electron chi connectivity index (χ2n) is 5.72. The molecule has 1 rings (SSSR count). The molecule has 0 saturated heterocycles. The maximum atomic E-state index is 12.0. The van der Waals surface area contributed by atoms with Crippen LogP contribution in [0.5, 0.6) is 5.75 Å². The number of hydrogen-bond donors (Lipinski definition) is 2. The van der Waals surface area contributed by atoms with Crippen LogP contribution >= 0.6 is 0 Å². The third-order valence-electron chi connectivity index (χ3n) is 3.17. The monoisotopic (exact) mass is 320 g/mol. The number of carbonyl (C=O) groups is 3. The number of aryl methyl sites for hydroxylation is 1. The first kappa shape index (κ1) is 18.7. The number of rotatable bonds is 9. The van der Waals surface area contributed by atoms with Crippen LogP contribution in [0, 0.1) is 12.8 Å². The van der Waals surface area contributed by atoms with Crippen LogP contribution in [0.2, 0.25) is 0 Å². The molecule has 2 amide bonds. The zero-order chi connectivity index (χ0) is 17.2. The van der Waals surface area contributed by atoms with E-state index >= 15 is 0 Å². The van der Waals surface area contributed by atoms with Gasteiger partial charge in [0, 0.05) is 0 Å². The molecule has 6 nitrogen and oxygen atoms in total. The van der Waals surface area contributed by atoms with Crippen molar-refractivity contribution in [1.82, 2.24) is 10.6 Å². The van der Waals surface area contributed by atoms with Crippen LogP contribution in [-0.4, -0.2) is 37.3 Å². The highest BCUT2D eigenvalue weighted by molar-refractivity contribution is 5.89. The highest BCUT2D eigenvalue weighted by atomic mass is 16.5. The lowest BCUT2D eigenvalue weighted by Gasteiger charge is -2.20. The molecule has 0 aromatic heterocycles. The van der Waals surface area contributed by atoms with E-state index in [0.717, 1.165) is 5.56 Å². The van der Waals surface area contributed by atoms with E-state index in [9.17, 15) is 14.4 Å². The van der Waals surface area contributed by atoms with Gasteiger partial charge < -0.3 is 20.2 Å². The maximum absolute atomic E-state index is 12.0. The van der Waals surface area contributed by atoms with Gasteiger partial charge in [-0.25, -0.2) is 0 Å². The largest absolute Gasteiger partial charge is 0.484 e. The molecule has 0 spiro atoms. The highest BCUT2D eigenvalue weighted by Gasteiger charge is 2.21. The van der Waals surface area contributed by atoms with Gasteiger partial charge in [0.15, 0.2) is 6.61 Å². The highest BCUT2D eigenvalue weighted by Crippen LogP contribution is 2.15. The third kappa shape index (κ3) is 6.95. The van der Waals surface area contributed by atoms with E-state index in [1.165, 1.54) is 0 Å². The summed E-state index contributed by atoms with van der Waals surface area (Å²) in [6.07, 6.45) is 1.09. The van der Waals surface area contributed by atoms with E-state index in [1.54, 1.807) is 6.07 Å². The molecule has 1 aromatic rings. The summed E-state index contributed by atoms with van der Waals surface area (Å²) >= 11 is 0. The average molecular weight is 320 g/mol. The quantitative estimate of drug-likeness (QED) is 0.670. The van der Waals surface area contributed by atoms with Crippen LogP contribution in [-0.2, 0) is 14.4 Å². The first-order valence-corrected chi connectivity index (χ1v) is 7.63. The van der Waals surface area contributed by atoms with Gasteiger partial charge in [-0.2, -0.15) is 0 Å². The number of para-hydroxylation sites is 1. The normalized spacial score (nSPS) is 11.7. The van der Waals surface area contributed by atoms with Gasteiger partial charge in [-0.15, -0.1) is 0 Å². The fourth-order valence-electron chi connectivity index (χ4n) is 2.07. The SMILES string of the molecule is Cc1ccccc1OCC(=O)NC(CC(C)C)C(=O)NCC=O. The van der Waals surface area contributed by atoms with Crippen LogP contribution < -0.4 is 15.4 Å². The molecule has 0 radical (unpaired) electrons. The van der Waals surface area contributed by atoms with Crippen LogP contribution in [0.25, 0.3) is 0 Å². The predicted octanol–water partition coefficient (Wildman–Crippen LogP) is 1.22. The van der Waals surface area contributed by atoms with Crippen LogP contribution in [0.3, 0.4) is 0 Å². The van der Waals surface area contributed by atoms with Crippen LogP contribution in [0.15, 0.2) is 24.3 Å². The van der Waals surface area contributed by atoms with Crippen molar-refractivity contribution in [3.63, 3.8) is 0 Å². The molecular formula is C17H24N2O4. The Hall–Kier alpha value is -2.37. The van der Waals surface area contributed by atoms with Crippen molar-refractivity contribution in [3.05, 3.63) is 29.8 Å². The number of aldehydes is 1. The number of nitrogens with one attached hydrogen (secondary N) is 2. The molecule has 1 aromatic carbocycles. The van der Waals surface area contributed by atoms with E-state index in [2.05, 4.69) is 10.6 Å².